The molecule has 5 heteroatoms. The van der Waals surface area contributed by atoms with Crippen LogP contribution < -0.4 is 5.73 Å². The lowest BCUT2D eigenvalue weighted by Crippen LogP contribution is -1.89. The van der Waals surface area contributed by atoms with Crippen LogP contribution in [0.1, 0.15) is 16.3 Å². The molecule has 3 rings (SSSR count). The summed E-state index contributed by atoms with van der Waals surface area (Å²) >= 11 is 1.59. The Bertz CT molecular complexity index is 773. The van der Waals surface area contributed by atoms with Gasteiger partial charge in [0.2, 0.25) is 0 Å². The Labute approximate surface area is 121 Å². The van der Waals surface area contributed by atoms with E-state index in [4.69, 9.17) is 10.3 Å². The van der Waals surface area contributed by atoms with Crippen LogP contribution in [0.5, 0.6) is 0 Å². The number of nitrogens with zero attached hydrogens (tertiary/aromatic N) is 2. The molecule has 3 aromatic rings. The molecule has 0 spiro atoms. The fourth-order valence-corrected chi connectivity index (χ4v) is 3.18. The van der Waals surface area contributed by atoms with Gasteiger partial charge < -0.3 is 10.3 Å². The standard InChI is InChI=1S/C15H15N3OS/c1-8-5-4-6-11(7-8)12-13(19-18-15(12)16)14-9(2)17-10(3)20-14/h4-7H,1-3H3,(H2,16,18). The summed E-state index contributed by atoms with van der Waals surface area (Å²) in [5.41, 5.74) is 9.98. The van der Waals surface area contributed by atoms with Crippen molar-refractivity contribution in [3.05, 3.63) is 40.5 Å². The highest BCUT2D eigenvalue weighted by molar-refractivity contribution is 7.15. The lowest BCUT2D eigenvalue weighted by atomic mass is 10.0. The molecule has 0 aliphatic rings. The second-order valence-corrected chi connectivity index (χ2v) is 5.99. The molecule has 102 valence electrons. The summed E-state index contributed by atoms with van der Waals surface area (Å²) in [6.07, 6.45) is 0. The van der Waals surface area contributed by atoms with Crippen molar-refractivity contribution in [3.63, 3.8) is 0 Å². The molecule has 2 aromatic heterocycles. The number of aryl methyl sites for hydroxylation is 3. The topological polar surface area (TPSA) is 64.9 Å². The van der Waals surface area contributed by atoms with E-state index in [0.29, 0.717) is 11.6 Å². The molecule has 1 aromatic carbocycles. The zero-order valence-electron chi connectivity index (χ0n) is 11.6. The van der Waals surface area contributed by atoms with Crippen molar-refractivity contribution in [2.75, 3.05) is 5.73 Å². The summed E-state index contributed by atoms with van der Waals surface area (Å²) in [6, 6.07) is 8.15. The third kappa shape index (κ3) is 2.10. The zero-order chi connectivity index (χ0) is 14.3. The minimum absolute atomic E-state index is 0.413. The largest absolute Gasteiger partial charge is 0.380 e. The van der Waals surface area contributed by atoms with Crippen molar-refractivity contribution in [1.82, 2.24) is 10.1 Å². The van der Waals surface area contributed by atoms with E-state index in [-0.39, 0.29) is 0 Å². The van der Waals surface area contributed by atoms with Crippen molar-refractivity contribution >= 4 is 17.2 Å². The number of hydrogen-bond donors (Lipinski definition) is 1. The molecule has 0 fully saturated rings. The van der Waals surface area contributed by atoms with Crippen LogP contribution in [0.3, 0.4) is 0 Å². The number of anilines is 1. The average Bonchev–Trinajstić information content (AvgIpc) is 2.92. The molecule has 20 heavy (non-hydrogen) atoms. The van der Waals surface area contributed by atoms with E-state index in [1.54, 1.807) is 11.3 Å². The fourth-order valence-electron chi connectivity index (χ4n) is 2.28. The first kappa shape index (κ1) is 12.9. The second-order valence-electron chi connectivity index (χ2n) is 4.79. The van der Waals surface area contributed by atoms with Crippen LogP contribution in [0.4, 0.5) is 5.82 Å². The van der Waals surface area contributed by atoms with E-state index >= 15 is 0 Å². The molecule has 2 heterocycles. The zero-order valence-corrected chi connectivity index (χ0v) is 12.4. The Balaban J connectivity index is 2.22. The molecule has 0 radical (unpaired) electrons. The first-order valence-corrected chi connectivity index (χ1v) is 7.14. The maximum absolute atomic E-state index is 6.00. The van der Waals surface area contributed by atoms with Crippen LogP contribution >= 0.6 is 11.3 Å². The quantitative estimate of drug-likeness (QED) is 0.773. The Morgan fingerprint density at radius 1 is 1.20 bits per heavy atom. The highest BCUT2D eigenvalue weighted by atomic mass is 32.1. The number of nitrogen functional groups attached to an aromatic ring is 1. The predicted octanol–water partition coefficient (Wildman–Crippen LogP) is 3.97. The van der Waals surface area contributed by atoms with Gasteiger partial charge in [-0.05, 0) is 26.3 Å². The van der Waals surface area contributed by atoms with E-state index in [0.717, 1.165) is 26.7 Å². The van der Waals surface area contributed by atoms with E-state index in [1.807, 2.05) is 26.0 Å². The average molecular weight is 285 g/mol. The maximum atomic E-state index is 6.00. The summed E-state index contributed by atoms with van der Waals surface area (Å²) in [7, 11) is 0. The van der Waals surface area contributed by atoms with Gasteiger partial charge in [0, 0.05) is 0 Å². The first-order valence-electron chi connectivity index (χ1n) is 6.33. The third-order valence-corrected chi connectivity index (χ3v) is 4.21. The predicted molar refractivity (Wildman–Crippen MR) is 81.7 cm³/mol. The Kier molecular flexibility index (Phi) is 3.06. The van der Waals surface area contributed by atoms with Gasteiger partial charge in [-0.2, -0.15) is 0 Å². The van der Waals surface area contributed by atoms with Gasteiger partial charge in [0.1, 0.15) is 0 Å². The van der Waals surface area contributed by atoms with Gasteiger partial charge in [0.25, 0.3) is 0 Å². The lowest BCUT2D eigenvalue weighted by molar-refractivity contribution is 0.436. The number of benzene rings is 1. The van der Waals surface area contributed by atoms with E-state index in [2.05, 4.69) is 29.2 Å². The first-order chi connectivity index (χ1) is 9.56. The summed E-state index contributed by atoms with van der Waals surface area (Å²) in [6.45, 7) is 6.00. The minimum Gasteiger partial charge on any atom is -0.380 e. The molecule has 0 unspecified atom stereocenters. The molecule has 0 aliphatic carbocycles. The number of nitrogens with two attached hydrogens (primary N) is 1. The molecule has 0 amide bonds. The van der Waals surface area contributed by atoms with Crippen molar-refractivity contribution < 1.29 is 4.52 Å². The molecule has 0 aliphatic heterocycles. The van der Waals surface area contributed by atoms with Gasteiger partial charge in [-0.25, -0.2) is 4.98 Å². The SMILES string of the molecule is Cc1cccc(-c2c(N)noc2-c2sc(C)nc2C)c1. The second kappa shape index (κ2) is 4.76. The lowest BCUT2D eigenvalue weighted by Gasteiger charge is -2.03. The highest BCUT2D eigenvalue weighted by Gasteiger charge is 2.21. The van der Waals surface area contributed by atoms with Gasteiger partial charge in [-0.1, -0.05) is 35.0 Å². The Morgan fingerprint density at radius 3 is 2.65 bits per heavy atom. The molecule has 0 atom stereocenters. The smallest absolute Gasteiger partial charge is 0.188 e. The highest BCUT2D eigenvalue weighted by Crippen LogP contribution is 2.40. The number of hydrogen-bond acceptors (Lipinski definition) is 5. The molecule has 0 bridgehead atoms. The van der Waals surface area contributed by atoms with Gasteiger partial charge >= 0.3 is 0 Å². The third-order valence-electron chi connectivity index (χ3n) is 3.13. The van der Waals surface area contributed by atoms with Gasteiger partial charge in [0.15, 0.2) is 11.6 Å². The van der Waals surface area contributed by atoms with Crippen molar-refractivity contribution in [3.8, 4) is 21.8 Å². The van der Waals surface area contributed by atoms with Gasteiger partial charge in [-0.15, -0.1) is 11.3 Å². The monoisotopic (exact) mass is 285 g/mol. The van der Waals surface area contributed by atoms with E-state index in [1.165, 1.54) is 5.56 Å². The van der Waals surface area contributed by atoms with Crippen molar-refractivity contribution in [1.29, 1.82) is 0 Å². The Morgan fingerprint density at radius 2 is 2.00 bits per heavy atom. The molecule has 4 nitrogen and oxygen atoms in total. The number of rotatable bonds is 2. The molecule has 0 saturated carbocycles. The van der Waals surface area contributed by atoms with Crippen LogP contribution in [0.2, 0.25) is 0 Å². The summed E-state index contributed by atoms with van der Waals surface area (Å²) in [5, 5.41) is 4.93. The summed E-state index contributed by atoms with van der Waals surface area (Å²) in [5.74, 6) is 1.12. The number of aromatic nitrogens is 2. The normalized spacial score (nSPS) is 10.9. The van der Waals surface area contributed by atoms with Crippen LogP contribution in [0.25, 0.3) is 21.8 Å². The van der Waals surface area contributed by atoms with Gasteiger partial charge in [-0.3, -0.25) is 0 Å². The van der Waals surface area contributed by atoms with E-state index < -0.39 is 0 Å². The van der Waals surface area contributed by atoms with Crippen LogP contribution in [-0.2, 0) is 0 Å². The molecular weight excluding hydrogens is 270 g/mol. The fraction of sp³-hybridized carbons (Fsp3) is 0.200. The van der Waals surface area contributed by atoms with Crippen LogP contribution in [0, 0.1) is 20.8 Å². The summed E-state index contributed by atoms with van der Waals surface area (Å²) in [4.78, 5) is 5.43. The summed E-state index contributed by atoms with van der Waals surface area (Å²) < 4.78 is 5.47. The maximum Gasteiger partial charge on any atom is 0.188 e. The van der Waals surface area contributed by atoms with Crippen molar-refractivity contribution in [2.45, 2.75) is 20.8 Å². The van der Waals surface area contributed by atoms with Crippen molar-refractivity contribution in [2.24, 2.45) is 0 Å². The van der Waals surface area contributed by atoms with Crippen LogP contribution in [0.15, 0.2) is 28.8 Å². The number of thiazole rings is 1. The molecule has 2 N–H and O–H groups in total. The van der Waals surface area contributed by atoms with Crippen LogP contribution in [-0.4, -0.2) is 10.1 Å². The minimum atomic E-state index is 0.413. The van der Waals surface area contributed by atoms with E-state index in [9.17, 15) is 0 Å². The van der Waals surface area contributed by atoms with Gasteiger partial charge in [0.05, 0.1) is 21.1 Å². The molecule has 0 saturated heterocycles. The Hall–Kier alpha value is -2.14. The molecular formula is C15H15N3OS.